The zero-order valence-corrected chi connectivity index (χ0v) is 9.86. The number of carbonyl (C=O) groups is 1. The number of aldehydes is 1. The molecule has 0 spiro atoms. The Balaban J connectivity index is 2.53. The van der Waals surface area contributed by atoms with Crippen molar-refractivity contribution in [1.29, 1.82) is 0 Å². The fraction of sp³-hybridized carbons (Fsp3) is 0. The van der Waals surface area contributed by atoms with Gasteiger partial charge in [-0.2, -0.15) is 5.10 Å². The van der Waals surface area contributed by atoms with Crippen LogP contribution in [0.4, 0.5) is 0 Å². The number of aromatic nitrogens is 2. The van der Waals surface area contributed by atoms with Crippen molar-refractivity contribution in [2.75, 3.05) is 0 Å². The summed E-state index contributed by atoms with van der Waals surface area (Å²) in [4.78, 5) is 10.8. The summed E-state index contributed by atoms with van der Waals surface area (Å²) in [5.74, 6) is 0. The molecular weight excluding hydrogens is 279 g/mol. The van der Waals surface area contributed by atoms with E-state index < -0.39 is 0 Å². The van der Waals surface area contributed by atoms with Crippen LogP contribution in [-0.4, -0.2) is 16.1 Å². The maximum absolute atomic E-state index is 10.8. The lowest BCUT2D eigenvalue weighted by Gasteiger charge is -2.03. The molecule has 1 aromatic carbocycles. The van der Waals surface area contributed by atoms with Crippen LogP contribution in [0, 0.1) is 0 Å². The van der Waals surface area contributed by atoms with Gasteiger partial charge in [-0.15, -0.1) is 0 Å². The molecule has 0 unspecified atom stereocenters. The third kappa shape index (κ3) is 1.96. The molecule has 0 fully saturated rings. The van der Waals surface area contributed by atoms with E-state index in [1.54, 1.807) is 35.1 Å². The van der Waals surface area contributed by atoms with Crippen molar-refractivity contribution in [2.24, 2.45) is 0 Å². The molecule has 0 amide bonds. The molecule has 2 rings (SSSR count). The third-order valence-electron chi connectivity index (χ3n) is 1.94. The molecule has 2 aromatic rings. The fourth-order valence-corrected chi connectivity index (χ4v) is 1.71. The van der Waals surface area contributed by atoms with Crippen molar-refractivity contribution in [1.82, 2.24) is 9.78 Å². The predicted octanol–water partition coefficient (Wildman–Crippen LogP) is 3.10. The molecule has 3 nitrogen and oxygen atoms in total. The van der Waals surface area contributed by atoms with Gasteiger partial charge in [-0.1, -0.05) is 11.6 Å². The summed E-state index contributed by atoms with van der Waals surface area (Å²) in [6.45, 7) is 0. The van der Waals surface area contributed by atoms with Crippen LogP contribution in [0.5, 0.6) is 0 Å². The molecule has 15 heavy (non-hydrogen) atoms. The van der Waals surface area contributed by atoms with Gasteiger partial charge in [0.2, 0.25) is 0 Å². The average molecular weight is 286 g/mol. The Kier molecular flexibility index (Phi) is 2.88. The average Bonchev–Trinajstić information content (AvgIpc) is 2.61. The van der Waals surface area contributed by atoms with Crippen LogP contribution in [0.1, 0.15) is 10.5 Å². The predicted molar refractivity (Wildman–Crippen MR) is 61.7 cm³/mol. The maximum atomic E-state index is 10.8. The van der Waals surface area contributed by atoms with E-state index in [2.05, 4.69) is 21.0 Å². The summed E-state index contributed by atoms with van der Waals surface area (Å²) in [6.07, 6.45) is 2.34. The van der Waals surface area contributed by atoms with Crippen LogP contribution < -0.4 is 0 Å². The second-order valence-electron chi connectivity index (χ2n) is 2.88. The normalized spacial score (nSPS) is 10.3. The second-order valence-corrected chi connectivity index (χ2v) is 4.17. The van der Waals surface area contributed by atoms with Gasteiger partial charge in [0.05, 0.1) is 16.4 Å². The van der Waals surface area contributed by atoms with Crippen LogP contribution in [-0.2, 0) is 0 Å². The van der Waals surface area contributed by atoms with Crippen LogP contribution in [0.15, 0.2) is 34.9 Å². The third-order valence-corrected chi connectivity index (χ3v) is 2.81. The SMILES string of the molecule is O=Cc1c(Br)cnn1-c1ccc(Cl)cc1. The quantitative estimate of drug-likeness (QED) is 0.795. The Morgan fingerprint density at radius 3 is 2.60 bits per heavy atom. The topological polar surface area (TPSA) is 34.9 Å². The van der Waals surface area contributed by atoms with E-state index in [9.17, 15) is 4.79 Å². The molecule has 0 N–H and O–H groups in total. The lowest BCUT2D eigenvalue weighted by Crippen LogP contribution is -2.00. The van der Waals surface area contributed by atoms with E-state index in [1.807, 2.05) is 0 Å². The van der Waals surface area contributed by atoms with Crippen molar-refractivity contribution in [3.8, 4) is 5.69 Å². The largest absolute Gasteiger partial charge is 0.296 e. The molecule has 0 aliphatic heterocycles. The summed E-state index contributed by atoms with van der Waals surface area (Å²) in [5.41, 5.74) is 1.28. The molecule has 0 aliphatic carbocycles. The van der Waals surface area contributed by atoms with Crippen LogP contribution >= 0.6 is 27.5 Å². The van der Waals surface area contributed by atoms with Crippen molar-refractivity contribution in [3.05, 3.63) is 45.7 Å². The number of hydrogen-bond acceptors (Lipinski definition) is 2. The molecule has 0 atom stereocenters. The van der Waals surface area contributed by atoms with E-state index in [0.29, 0.717) is 15.2 Å². The van der Waals surface area contributed by atoms with Gasteiger partial charge in [-0.25, -0.2) is 4.68 Å². The summed E-state index contributed by atoms with van der Waals surface area (Å²) in [7, 11) is 0. The van der Waals surface area contributed by atoms with E-state index in [-0.39, 0.29) is 0 Å². The zero-order valence-electron chi connectivity index (χ0n) is 7.52. The molecular formula is C10H6BrClN2O. The minimum Gasteiger partial charge on any atom is -0.296 e. The lowest BCUT2D eigenvalue weighted by molar-refractivity contribution is 0.111. The highest BCUT2D eigenvalue weighted by Crippen LogP contribution is 2.19. The van der Waals surface area contributed by atoms with Crippen LogP contribution in [0.3, 0.4) is 0 Å². The molecule has 1 aromatic heterocycles. The highest BCUT2D eigenvalue weighted by molar-refractivity contribution is 9.10. The summed E-state index contributed by atoms with van der Waals surface area (Å²) in [6, 6.07) is 7.10. The minimum absolute atomic E-state index is 0.484. The molecule has 0 radical (unpaired) electrons. The Hall–Kier alpha value is -1.13. The molecule has 0 aliphatic rings. The highest BCUT2D eigenvalue weighted by Gasteiger charge is 2.08. The Morgan fingerprint density at radius 2 is 2.00 bits per heavy atom. The van der Waals surface area contributed by atoms with E-state index in [1.165, 1.54) is 0 Å². The Morgan fingerprint density at radius 1 is 1.33 bits per heavy atom. The summed E-state index contributed by atoms with van der Waals surface area (Å²) < 4.78 is 2.22. The number of nitrogens with zero attached hydrogens (tertiary/aromatic N) is 2. The van der Waals surface area contributed by atoms with Gasteiger partial charge >= 0.3 is 0 Å². The van der Waals surface area contributed by atoms with Gasteiger partial charge < -0.3 is 0 Å². The fourth-order valence-electron chi connectivity index (χ4n) is 1.23. The second kappa shape index (κ2) is 4.16. The Bertz CT molecular complexity index is 493. The first-order chi connectivity index (χ1) is 7.22. The lowest BCUT2D eigenvalue weighted by atomic mass is 10.3. The monoisotopic (exact) mass is 284 g/mol. The number of benzene rings is 1. The summed E-state index contributed by atoms with van der Waals surface area (Å²) >= 11 is 9.02. The van der Waals surface area contributed by atoms with Gasteiger partial charge in [0.15, 0.2) is 6.29 Å². The van der Waals surface area contributed by atoms with E-state index >= 15 is 0 Å². The maximum Gasteiger partial charge on any atom is 0.169 e. The molecule has 5 heteroatoms. The van der Waals surface area contributed by atoms with Gasteiger partial charge in [0.1, 0.15) is 5.69 Å². The van der Waals surface area contributed by atoms with Gasteiger partial charge in [-0.05, 0) is 40.2 Å². The first-order valence-corrected chi connectivity index (χ1v) is 5.34. The van der Waals surface area contributed by atoms with Gasteiger partial charge in [0, 0.05) is 5.02 Å². The minimum atomic E-state index is 0.484. The van der Waals surface area contributed by atoms with Crippen molar-refractivity contribution >= 4 is 33.8 Å². The molecule has 0 saturated heterocycles. The molecule has 76 valence electrons. The standard InChI is InChI=1S/C10H6BrClN2O/c11-9-5-13-14(10(9)6-15)8-3-1-7(12)2-4-8/h1-6H. The van der Waals surface area contributed by atoms with Crippen molar-refractivity contribution in [2.45, 2.75) is 0 Å². The first-order valence-electron chi connectivity index (χ1n) is 4.17. The van der Waals surface area contributed by atoms with Gasteiger partial charge in [0.25, 0.3) is 0 Å². The number of rotatable bonds is 2. The first kappa shape index (κ1) is 10.4. The Labute approximate surface area is 99.8 Å². The van der Waals surface area contributed by atoms with E-state index in [0.717, 1.165) is 12.0 Å². The number of halogens is 2. The molecule has 0 saturated carbocycles. The molecule has 0 bridgehead atoms. The smallest absolute Gasteiger partial charge is 0.169 e. The number of carbonyl (C=O) groups excluding carboxylic acids is 1. The van der Waals surface area contributed by atoms with Gasteiger partial charge in [-0.3, -0.25) is 4.79 Å². The van der Waals surface area contributed by atoms with E-state index in [4.69, 9.17) is 11.6 Å². The zero-order chi connectivity index (χ0) is 10.8. The van der Waals surface area contributed by atoms with Crippen LogP contribution in [0.2, 0.25) is 5.02 Å². The summed E-state index contributed by atoms with van der Waals surface area (Å²) in [5, 5.41) is 4.73. The molecule has 1 heterocycles. The number of hydrogen-bond donors (Lipinski definition) is 0. The van der Waals surface area contributed by atoms with Crippen molar-refractivity contribution in [3.63, 3.8) is 0 Å². The highest BCUT2D eigenvalue weighted by atomic mass is 79.9. The van der Waals surface area contributed by atoms with Crippen molar-refractivity contribution < 1.29 is 4.79 Å². The van der Waals surface area contributed by atoms with Crippen LogP contribution in [0.25, 0.3) is 5.69 Å².